The molecule has 0 aromatic carbocycles. The molecule has 0 bridgehead atoms. The van der Waals surface area contributed by atoms with E-state index in [4.69, 9.17) is 4.74 Å². The van der Waals surface area contributed by atoms with Crippen LogP contribution in [0.15, 0.2) is 23.6 Å². The van der Waals surface area contributed by atoms with Crippen molar-refractivity contribution in [1.29, 1.82) is 0 Å². The fraction of sp³-hybridized carbons (Fsp3) is 0.571. The van der Waals surface area contributed by atoms with Crippen molar-refractivity contribution in [3.63, 3.8) is 0 Å². The normalized spacial score (nSPS) is 19.6. The zero-order valence-electron chi connectivity index (χ0n) is 13.3. The fourth-order valence-electron chi connectivity index (χ4n) is 2.51. The van der Waals surface area contributed by atoms with Crippen molar-refractivity contribution >= 4 is 21.6 Å². The summed E-state index contributed by atoms with van der Waals surface area (Å²) in [5, 5.41) is 5.12. The Bertz CT molecular complexity index is 779. The summed E-state index contributed by atoms with van der Waals surface area (Å²) in [5.74, 6) is 2.14. The first-order valence-corrected chi connectivity index (χ1v) is 10.5. The number of aromatic nitrogens is 5. The summed E-state index contributed by atoms with van der Waals surface area (Å²) in [7, 11) is -2.99. The molecule has 0 amide bonds. The quantitative estimate of drug-likeness (QED) is 0.531. The van der Waals surface area contributed by atoms with E-state index in [0.717, 1.165) is 5.82 Å². The topological polar surface area (TPSA) is 99.9 Å². The molecule has 3 heterocycles. The zero-order chi connectivity index (χ0) is 17.0. The van der Waals surface area contributed by atoms with E-state index in [-0.39, 0.29) is 17.5 Å². The van der Waals surface area contributed by atoms with Crippen LogP contribution in [0, 0.1) is 0 Å². The van der Waals surface area contributed by atoms with Gasteiger partial charge in [0.15, 0.2) is 20.8 Å². The Balaban J connectivity index is 1.78. The number of rotatable bonds is 7. The number of ether oxygens (including phenoxy) is 1. The summed E-state index contributed by atoms with van der Waals surface area (Å²) in [4.78, 5) is 12.9. The molecule has 24 heavy (non-hydrogen) atoms. The van der Waals surface area contributed by atoms with E-state index in [1.165, 1.54) is 11.8 Å². The van der Waals surface area contributed by atoms with Gasteiger partial charge in [-0.25, -0.2) is 28.1 Å². The minimum absolute atomic E-state index is 0.115. The third-order valence-corrected chi connectivity index (χ3v) is 6.23. The van der Waals surface area contributed by atoms with E-state index in [9.17, 15) is 8.42 Å². The molecule has 0 N–H and O–H groups in total. The van der Waals surface area contributed by atoms with Crippen LogP contribution in [0.3, 0.4) is 0 Å². The Morgan fingerprint density at radius 3 is 2.83 bits per heavy atom. The summed E-state index contributed by atoms with van der Waals surface area (Å²) in [6.45, 7) is 2.81. The molecule has 1 fully saturated rings. The third kappa shape index (κ3) is 4.31. The molecular formula is C14H19N5O3S2. The standard InChI is InChI=1S/C14H19N5O3S2/c1-2-22-8-12-17-13(9-23-14-15-5-3-6-16-14)19(18-12)11-4-7-24(20,21)10-11/h3,5-6,11H,2,4,7-10H2,1H3. The van der Waals surface area contributed by atoms with Crippen molar-refractivity contribution in [3.8, 4) is 0 Å². The third-order valence-electron chi connectivity index (χ3n) is 3.61. The Morgan fingerprint density at radius 1 is 1.38 bits per heavy atom. The van der Waals surface area contributed by atoms with Gasteiger partial charge in [-0.05, 0) is 19.4 Å². The highest BCUT2D eigenvalue weighted by atomic mass is 32.2. The van der Waals surface area contributed by atoms with E-state index < -0.39 is 9.84 Å². The van der Waals surface area contributed by atoms with Crippen LogP contribution in [-0.2, 0) is 26.9 Å². The van der Waals surface area contributed by atoms with Gasteiger partial charge in [-0.1, -0.05) is 11.8 Å². The predicted octanol–water partition coefficient (Wildman–Crippen LogP) is 1.26. The first-order valence-electron chi connectivity index (χ1n) is 7.69. The molecule has 0 radical (unpaired) electrons. The monoisotopic (exact) mass is 369 g/mol. The van der Waals surface area contributed by atoms with E-state index in [1.807, 2.05) is 6.92 Å². The van der Waals surface area contributed by atoms with Crippen molar-refractivity contribution in [2.45, 2.75) is 36.9 Å². The molecule has 10 heteroatoms. The van der Waals surface area contributed by atoms with Crippen LogP contribution in [0.2, 0.25) is 0 Å². The summed E-state index contributed by atoms with van der Waals surface area (Å²) in [6.07, 6.45) is 3.94. The summed E-state index contributed by atoms with van der Waals surface area (Å²) in [5.41, 5.74) is 0. The van der Waals surface area contributed by atoms with Crippen LogP contribution in [0.25, 0.3) is 0 Å². The van der Waals surface area contributed by atoms with Gasteiger partial charge in [-0.2, -0.15) is 5.10 Å². The summed E-state index contributed by atoms with van der Waals surface area (Å²) < 4.78 is 30.7. The van der Waals surface area contributed by atoms with E-state index >= 15 is 0 Å². The van der Waals surface area contributed by atoms with Crippen molar-refractivity contribution in [3.05, 3.63) is 30.1 Å². The molecule has 0 saturated carbocycles. The highest BCUT2D eigenvalue weighted by Crippen LogP contribution is 2.26. The first kappa shape index (κ1) is 17.3. The smallest absolute Gasteiger partial charge is 0.187 e. The van der Waals surface area contributed by atoms with Gasteiger partial charge in [0.05, 0.1) is 23.3 Å². The minimum atomic E-state index is -2.99. The number of thioether (sulfide) groups is 1. The molecule has 2 aromatic rings. The molecule has 8 nitrogen and oxygen atoms in total. The summed E-state index contributed by atoms with van der Waals surface area (Å²) >= 11 is 1.45. The van der Waals surface area contributed by atoms with Crippen molar-refractivity contribution in [2.75, 3.05) is 18.1 Å². The second-order valence-electron chi connectivity index (χ2n) is 5.40. The van der Waals surface area contributed by atoms with Gasteiger partial charge in [0.25, 0.3) is 0 Å². The van der Waals surface area contributed by atoms with Crippen LogP contribution in [0.1, 0.15) is 31.0 Å². The van der Waals surface area contributed by atoms with E-state index in [2.05, 4.69) is 20.1 Å². The average Bonchev–Trinajstić information content (AvgIpc) is 3.14. The molecule has 130 valence electrons. The van der Waals surface area contributed by atoms with Crippen LogP contribution in [0.5, 0.6) is 0 Å². The lowest BCUT2D eigenvalue weighted by molar-refractivity contribution is 0.128. The maximum atomic E-state index is 11.8. The van der Waals surface area contributed by atoms with Crippen LogP contribution in [-0.4, -0.2) is 51.3 Å². The minimum Gasteiger partial charge on any atom is -0.374 e. The molecule has 1 aliphatic heterocycles. The Labute approximate surface area is 145 Å². The van der Waals surface area contributed by atoms with Gasteiger partial charge in [0, 0.05) is 19.0 Å². The fourth-order valence-corrected chi connectivity index (χ4v) is 4.93. The molecule has 1 aliphatic rings. The Kier molecular flexibility index (Phi) is 5.47. The maximum absolute atomic E-state index is 11.8. The lowest BCUT2D eigenvalue weighted by Crippen LogP contribution is -2.15. The molecule has 2 aromatic heterocycles. The van der Waals surface area contributed by atoms with Crippen molar-refractivity contribution in [2.24, 2.45) is 0 Å². The molecule has 1 unspecified atom stereocenters. The van der Waals surface area contributed by atoms with Crippen LogP contribution >= 0.6 is 11.8 Å². The van der Waals surface area contributed by atoms with Gasteiger partial charge >= 0.3 is 0 Å². The van der Waals surface area contributed by atoms with Gasteiger partial charge in [0.2, 0.25) is 0 Å². The van der Waals surface area contributed by atoms with E-state index in [0.29, 0.717) is 36.4 Å². The second-order valence-corrected chi connectivity index (χ2v) is 8.57. The van der Waals surface area contributed by atoms with Gasteiger partial charge in [-0.15, -0.1) is 0 Å². The van der Waals surface area contributed by atoms with Crippen LogP contribution < -0.4 is 0 Å². The lowest BCUT2D eigenvalue weighted by atomic mass is 10.3. The van der Waals surface area contributed by atoms with Crippen molar-refractivity contribution < 1.29 is 13.2 Å². The number of hydrogen-bond donors (Lipinski definition) is 0. The molecule has 1 saturated heterocycles. The molecular weight excluding hydrogens is 350 g/mol. The highest BCUT2D eigenvalue weighted by Gasteiger charge is 2.31. The molecule has 0 spiro atoms. The second kappa shape index (κ2) is 7.58. The van der Waals surface area contributed by atoms with Crippen LogP contribution in [0.4, 0.5) is 0 Å². The molecule has 0 aliphatic carbocycles. The molecule has 1 atom stereocenters. The lowest BCUT2D eigenvalue weighted by Gasteiger charge is -2.11. The number of sulfone groups is 1. The first-order chi connectivity index (χ1) is 11.6. The summed E-state index contributed by atoms with van der Waals surface area (Å²) in [6, 6.07) is 1.60. The van der Waals surface area contributed by atoms with Gasteiger partial charge < -0.3 is 4.74 Å². The number of nitrogens with zero attached hydrogens (tertiary/aromatic N) is 5. The van der Waals surface area contributed by atoms with Crippen molar-refractivity contribution in [1.82, 2.24) is 24.7 Å². The zero-order valence-corrected chi connectivity index (χ0v) is 15.0. The van der Waals surface area contributed by atoms with Gasteiger partial charge in [-0.3, -0.25) is 0 Å². The van der Waals surface area contributed by atoms with E-state index in [1.54, 1.807) is 23.1 Å². The Morgan fingerprint density at radius 2 is 2.17 bits per heavy atom. The predicted molar refractivity (Wildman–Crippen MR) is 89.3 cm³/mol. The maximum Gasteiger partial charge on any atom is 0.187 e. The molecule has 3 rings (SSSR count). The highest BCUT2D eigenvalue weighted by molar-refractivity contribution is 7.98. The number of hydrogen-bond acceptors (Lipinski definition) is 8. The Hall–Kier alpha value is -1.52. The SMILES string of the molecule is CCOCc1nc(CSc2ncccn2)n(C2CCS(=O)(=O)C2)n1. The average molecular weight is 369 g/mol. The van der Waals surface area contributed by atoms with Gasteiger partial charge in [0.1, 0.15) is 12.4 Å². The largest absolute Gasteiger partial charge is 0.374 e.